The molecule has 0 unspecified atom stereocenters. The van der Waals surface area contributed by atoms with Crippen LogP contribution in [0.2, 0.25) is 0 Å². The third-order valence-corrected chi connectivity index (χ3v) is 10.6. The fourth-order valence-corrected chi connectivity index (χ4v) is 7.84. The number of para-hydroxylation sites is 2. The van der Waals surface area contributed by atoms with E-state index in [2.05, 4.69) is 132 Å². The SMILES string of the molecule is c1ccc(-c2cc(-c3ccc(-c4ccc(-c5ccc6oc7ccccc7c6c5)c5c4oc4ccccc45)cc3)nc(-c3ccc(-c4cccnc4)cc3)n2)cc1. The molecular formula is C51H31N3O2. The summed E-state index contributed by atoms with van der Waals surface area (Å²) in [6, 6.07) is 60.7. The predicted molar refractivity (Wildman–Crippen MR) is 227 cm³/mol. The van der Waals surface area contributed by atoms with E-state index in [1.165, 1.54) is 0 Å². The number of fused-ring (bicyclic) bond motifs is 6. The Labute approximate surface area is 322 Å². The monoisotopic (exact) mass is 717 g/mol. The van der Waals surface area contributed by atoms with Gasteiger partial charge < -0.3 is 8.83 Å². The average Bonchev–Trinajstić information content (AvgIpc) is 3.85. The summed E-state index contributed by atoms with van der Waals surface area (Å²) in [6.45, 7) is 0. The van der Waals surface area contributed by atoms with Gasteiger partial charge in [0.1, 0.15) is 22.3 Å². The van der Waals surface area contributed by atoms with Gasteiger partial charge in [-0.25, -0.2) is 9.97 Å². The minimum atomic E-state index is 0.671. The van der Waals surface area contributed by atoms with Crippen molar-refractivity contribution in [1.82, 2.24) is 15.0 Å². The Morgan fingerprint density at radius 3 is 1.71 bits per heavy atom. The molecule has 7 aromatic carbocycles. The minimum absolute atomic E-state index is 0.671. The lowest BCUT2D eigenvalue weighted by molar-refractivity contribution is 0.669. The van der Waals surface area contributed by atoms with Gasteiger partial charge in [-0.3, -0.25) is 4.98 Å². The molecule has 0 saturated heterocycles. The van der Waals surface area contributed by atoms with Crippen LogP contribution < -0.4 is 0 Å². The Balaban J connectivity index is 1.00. The molecule has 0 spiro atoms. The highest BCUT2D eigenvalue weighted by atomic mass is 16.3. The van der Waals surface area contributed by atoms with Crippen LogP contribution in [0.5, 0.6) is 0 Å². The van der Waals surface area contributed by atoms with Crippen molar-refractivity contribution in [3.05, 3.63) is 188 Å². The molecule has 0 fully saturated rings. The molecule has 5 heteroatoms. The van der Waals surface area contributed by atoms with Crippen molar-refractivity contribution in [2.45, 2.75) is 0 Å². The Kier molecular flexibility index (Phi) is 7.42. The third-order valence-electron chi connectivity index (χ3n) is 10.6. The van der Waals surface area contributed by atoms with Crippen LogP contribution in [0.1, 0.15) is 0 Å². The van der Waals surface area contributed by atoms with Crippen molar-refractivity contribution in [2.24, 2.45) is 0 Å². The quantitative estimate of drug-likeness (QED) is 0.171. The van der Waals surface area contributed by atoms with Crippen molar-refractivity contribution in [1.29, 1.82) is 0 Å². The zero-order valence-corrected chi connectivity index (χ0v) is 30.1. The molecule has 0 bridgehead atoms. The number of rotatable bonds is 6. The summed E-state index contributed by atoms with van der Waals surface area (Å²) < 4.78 is 12.8. The summed E-state index contributed by atoms with van der Waals surface area (Å²) in [4.78, 5) is 14.4. The maximum absolute atomic E-state index is 6.68. The summed E-state index contributed by atoms with van der Waals surface area (Å²) in [5.74, 6) is 0.671. The van der Waals surface area contributed by atoms with Crippen molar-refractivity contribution < 1.29 is 8.83 Å². The number of aromatic nitrogens is 3. The standard InChI is InChI=1S/C51H31N3O2/c1-2-9-34(10-3-1)44-30-45(54-51(53-44)36-22-16-32(17-23-36)38-11-8-28-52-31-38)35-20-18-33(19-21-35)40-26-25-39(49-42-13-5-7-15-47(42)56-50(40)49)37-24-27-48-43(29-37)41-12-4-6-14-46(41)55-48/h1-31H. The fourth-order valence-electron chi connectivity index (χ4n) is 7.84. The number of nitrogens with zero attached hydrogens (tertiary/aromatic N) is 3. The van der Waals surface area contributed by atoms with Gasteiger partial charge in [-0.1, -0.05) is 133 Å². The molecule has 0 radical (unpaired) electrons. The second-order valence-corrected chi connectivity index (χ2v) is 14.0. The predicted octanol–water partition coefficient (Wildman–Crippen LogP) is 13.7. The largest absolute Gasteiger partial charge is 0.456 e. The molecular weight excluding hydrogens is 687 g/mol. The van der Waals surface area contributed by atoms with Crippen LogP contribution >= 0.6 is 0 Å². The van der Waals surface area contributed by atoms with E-state index in [4.69, 9.17) is 18.8 Å². The van der Waals surface area contributed by atoms with Crippen LogP contribution in [0, 0.1) is 0 Å². The van der Waals surface area contributed by atoms with E-state index < -0.39 is 0 Å². The summed E-state index contributed by atoms with van der Waals surface area (Å²) in [6.07, 6.45) is 3.66. The number of hydrogen-bond donors (Lipinski definition) is 0. The summed E-state index contributed by atoms with van der Waals surface area (Å²) in [7, 11) is 0. The van der Waals surface area contributed by atoms with Gasteiger partial charge in [-0.15, -0.1) is 0 Å². The second-order valence-electron chi connectivity index (χ2n) is 14.0. The lowest BCUT2D eigenvalue weighted by atomic mass is 9.93. The molecule has 0 atom stereocenters. The zero-order valence-electron chi connectivity index (χ0n) is 30.1. The Morgan fingerprint density at radius 2 is 0.946 bits per heavy atom. The van der Waals surface area contributed by atoms with Crippen LogP contribution in [-0.4, -0.2) is 15.0 Å². The van der Waals surface area contributed by atoms with Gasteiger partial charge in [0.2, 0.25) is 0 Å². The number of benzene rings is 7. The molecule has 4 aromatic heterocycles. The molecule has 0 saturated carbocycles. The first-order valence-electron chi connectivity index (χ1n) is 18.7. The van der Waals surface area contributed by atoms with Gasteiger partial charge >= 0.3 is 0 Å². The van der Waals surface area contributed by atoms with E-state index in [0.29, 0.717) is 5.82 Å². The molecule has 4 heterocycles. The smallest absolute Gasteiger partial charge is 0.160 e. The Hall–Kier alpha value is -7.63. The second kappa shape index (κ2) is 13.0. The van der Waals surface area contributed by atoms with E-state index in [9.17, 15) is 0 Å². The van der Waals surface area contributed by atoms with Gasteiger partial charge in [0.05, 0.1) is 11.4 Å². The molecule has 0 aliphatic heterocycles. The number of pyridine rings is 1. The third kappa shape index (κ3) is 5.45. The van der Waals surface area contributed by atoms with E-state index in [-0.39, 0.29) is 0 Å². The van der Waals surface area contributed by atoms with Crippen LogP contribution in [0.3, 0.4) is 0 Å². The topological polar surface area (TPSA) is 65.0 Å². The maximum Gasteiger partial charge on any atom is 0.160 e. The van der Waals surface area contributed by atoms with Crippen molar-refractivity contribution >= 4 is 43.9 Å². The molecule has 5 nitrogen and oxygen atoms in total. The lowest BCUT2D eigenvalue weighted by Crippen LogP contribution is -1.96. The summed E-state index contributed by atoms with van der Waals surface area (Å²) >= 11 is 0. The van der Waals surface area contributed by atoms with Gasteiger partial charge in [0.25, 0.3) is 0 Å². The fraction of sp³-hybridized carbons (Fsp3) is 0. The molecule has 262 valence electrons. The number of furan rings is 2. The van der Waals surface area contributed by atoms with Crippen molar-refractivity contribution in [2.75, 3.05) is 0 Å². The van der Waals surface area contributed by atoms with E-state index >= 15 is 0 Å². The van der Waals surface area contributed by atoms with Crippen molar-refractivity contribution in [3.8, 4) is 67.3 Å². The molecule has 0 aliphatic carbocycles. The highest BCUT2D eigenvalue weighted by Crippen LogP contribution is 2.43. The maximum atomic E-state index is 6.68. The van der Waals surface area contributed by atoms with Gasteiger partial charge in [0, 0.05) is 56.2 Å². The summed E-state index contributed by atoms with van der Waals surface area (Å²) in [5.41, 5.74) is 14.7. The van der Waals surface area contributed by atoms with Gasteiger partial charge in [-0.05, 0) is 70.3 Å². The molecule has 56 heavy (non-hydrogen) atoms. The first kappa shape index (κ1) is 31.9. The highest BCUT2D eigenvalue weighted by Gasteiger charge is 2.19. The molecule has 0 amide bonds. The molecule has 11 rings (SSSR count). The van der Waals surface area contributed by atoms with Crippen LogP contribution in [0.25, 0.3) is 111 Å². The van der Waals surface area contributed by atoms with Crippen LogP contribution in [0.15, 0.2) is 197 Å². The van der Waals surface area contributed by atoms with Crippen LogP contribution in [-0.2, 0) is 0 Å². The van der Waals surface area contributed by atoms with Gasteiger partial charge in [0.15, 0.2) is 5.82 Å². The molecule has 11 aromatic rings. The van der Waals surface area contributed by atoms with E-state index in [1.54, 1.807) is 6.20 Å². The highest BCUT2D eigenvalue weighted by molar-refractivity contribution is 6.17. The van der Waals surface area contributed by atoms with Crippen LogP contribution in [0.4, 0.5) is 0 Å². The summed E-state index contributed by atoms with van der Waals surface area (Å²) in [5, 5.41) is 4.39. The van der Waals surface area contributed by atoms with Gasteiger partial charge in [-0.2, -0.15) is 0 Å². The average molecular weight is 718 g/mol. The Bertz CT molecular complexity index is 3220. The minimum Gasteiger partial charge on any atom is -0.456 e. The van der Waals surface area contributed by atoms with E-state index in [1.807, 2.05) is 54.7 Å². The Morgan fingerprint density at radius 1 is 0.357 bits per heavy atom. The zero-order chi connectivity index (χ0) is 37.0. The van der Waals surface area contributed by atoms with E-state index in [0.717, 1.165) is 105 Å². The molecule has 0 N–H and O–H groups in total. The normalized spacial score (nSPS) is 11.6. The first-order valence-corrected chi connectivity index (χ1v) is 18.7. The lowest BCUT2D eigenvalue weighted by Gasteiger charge is -2.11. The van der Waals surface area contributed by atoms with Crippen molar-refractivity contribution in [3.63, 3.8) is 0 Å². The molecule has 0 aliphatic rings. The number of hydrogen-bond acceptors (Lipinski definition) is 5. The first-order chi connectivity index (χ1) is 27.7.